The van der Waals surface area contributed by atoms with Gasteiger partial charge >= 0.3 is 23.7 Å². The minimum absolute atomic E-state index is 0.00839. The zero-order chi connectivity index (χ0) is 35.3. The Balaban J connectivity index is 0.000000771. The zero-order valence-corrected chi connectivity index (χ0v) is 25.7. The van der Waals surface area contributed by atoms with E-state index >= 15 is 0 Å². The molecule has 0 saturated carbocycles. The first-order valence-electron chi connectivity index (χ1n) is 13.1. The molecule has 3 aromatic rings. The standard InChI is InChI=1S/C27H25F3N4O5S.C2HF3O2/c1-26(2)24(36)34(18-5-7-21(8-6-18)40-27(28,29)30)25(37)33(26)15-16-9-10-31-22(11-16)32-23(35)17-12-19(38-3)14-20(13-17)39-4;3-2(4,5)1(6)7/h5-14H,15H2,1-4H3,(H,31,32,35);(H,6,7). The number of aliphatic carboxylic acids is 1. The molecular formula is C29H26F6N4O7S. The number of amides is 4. The SMILES string of the molecule is COc1cc(OC)cc(C(=O)Nc2cc(CN3C(=O)N(c4ccc(SC(F)(F)F)cc4)C(=O)C3(C)C)ccn2)c1.O=C(O)C(F)(F)F. The smallest absolute Gasteiger partial charge is 0.490 e. The van der Waals surface area contributed by atoms with Gasteiger partial charge < -0.3 is 24.8 Å². The molecule has 0 atom stereocenters. The number of thioether (sulfide) groups is 1. The predicted octanol–water partition coefficient (Wildman–Crippen LogP) is 6.34. The van der Waals surface area contributed by atoms with Crippen LogP contribution in [0.4, 0.5) is 42.6 Å². The molecular weight excluding hydrogens is 662 g/mol. The molecule has 11 nitrogen and oxygen atoms in total. The van der Waals surface area contributed by atoms with Crippen molar-refractivity contribution in [3.05, 3.63) is 71.9 Å². The van der Waals surface area contributed by atoms with Crippen LogP contribution in [0.5, 0.6) is 11.5 Å². The molecule has 0 unspecified atom stereocenters. The first-order chi connectivity index (χ1) is 21.8. The molecule has 4 rings (SSSR count). The lowest BCUT2D eigenvalue weighted by atomic mass is 10.0. The van der Waals surface area contributed by atoms with Gasteiger partial charge in [-0.25, -0.2) is 19.5 Å². The molecule has 252 valence electrons. The van der Waals surface area contributed by atoms with E-state index in [1.807, 2.05) is 0 Å². The molecule has 0 radical (unpaired) electrons. The van der Waals surface area contributed by atoms with E-state index in [0.717, 1.165) is 4.90 Å². The van der Waals surface area contributed by atoms with Crippen LogP contribution in [-0.4, -0.2) is 70.2 Å². The second-order valence-electron chi connectivity index (χ2n) is 10.0. The van der Waals surface area contributed by atoms with E-state index in [9.17, 15) is 40.7 Å². The highest BCUT2D eigenvalue weighted by Gasteiger charge is 2.51. The van der Waals surface area contributed by atoms with Gasteiger partial charge in [0.2, 0.25) is 0 Å². The zero-order valence-electron chi connectivity index (χ0n) is 24.9. The quantitative estimate of drug-likeness (QED) is 0.158. The summed E-state index contributed by atoms with van der Waals surface area (Å²) in [6.45, 7) is 3.18. The Bertz CT molecular complexity index is 1630. The number of nitrogens with zero attached hydrogens (tertiary/aromatic N) is 3. The molecule has 4 amide bonds. The van der Waals surface area contributed by atoms with Crippen molar-refractivity contribution in [3.63, 3.8) is 0 Å². The van der Waals surface area contributed by atoms with E-state index in [0.29, 0.717) is 17.1 Å². The fourth-order valence-corrected chi connectivity index (χ4v) is 4.62. The maximum Gasteiger partial charge on any atom is 0.490 e. The van der Waals surface area contributed by atoms with Crippen molar-refractivity contribution in [2.75, 3.05) is 24.4 Å². The number of carbonyl (C=O) groups excluding carboxylic acids is 3. The van der Waals surface area contributed by atoms with Gasteiger partial charge in [-0.3, -0.25) is 9.59 Å². The van der Waals surface area contributed by atoms with E-state index in [1.54, 1.807) is 44.2 Å². The summed E-state index contributed by atoms with van der Waals surface area (Å²) in [6.07, 6.45) is -3.62. The van der Waals surface area contributed by atoms with Crippen LogP contribution < -0.4 is 19.7 Å². The van der Waals surface area contributed by atoms with E-state index in [-0.39, 0.29) is 40.3 Å². The number of halogens is 6. The second kappa shape index (κ2) is 14.2. The number of alkyl halides is 6. The molecule has 1 aliphatic rings. The lowest BCUT2D eigenvalue weighted by molar-refractivity contribution is -0.192. The summed E-state index contributed by atoms with van der Waals surface area (Å²) in [5, 5.41) is 9.82. The summed E-state index contributed by atoms with van der Waals surface area (Å²) in [7, 11) is 2.94. The number of carbonyl (C=O) groups is 4. The molecule has 1 saturated heterocycles. The minimum atomic E-state index is -5.08. The van der Waals surface area contributed by atoms with Crippen molar-refractivity contribution in [1.29, 1.82) is 0 Å². The average molecular weight is 689 g/mol. The van der Waals surface area contributed by atoms with Gasteiger partial charge in [-0.15, -0.1) is 0 Å². The number of hydrogen-bond acceptors (Lipinski definition) is 8. The molecule has 1 fully saturated rings. The largest absolute Gasteiger partial charge is 0.497 e. The van der Waals surface area contributed by atoms with Gasteiger partial charge in [-0.1, -0.05) is 0 Å². The average Bonchev–Trinajstić information content (AvgIpc) is 3.15. The number of nitrogens with one attached hydrogen (secondary N) is 1. The molecule has 0 aliphatic carbocycles. The molecule has 2 heterocycles. The number of anilines is 2. The van der Waals surface area contributed by atoms with Crippen LogP contribution in [-0.2, 0) is 16.1 Å². The summed E-state index contributed by atoms with van der Waals surface area (Å²) in [5.41, 5.74) is -4.68. The van der Waals surface area contributed by atoms with Gasteiger partial charge in [0, 0.05) is 29.3 Å². The van der Waals surface area contributed by atoms with Crippen LogP contribution in [0, 0.1) is 0 Å². The number of carboxylic acid groups (broad SMARTS) is 1. The first-order valence-corrected chi connectivity index (χ1v) is 13.9. The Kier molecular flexibility index (Phi) is 11.0. The Hall–Kier alpha value is -5.00. The lowest BCUT2D eigenvalue weighted by Gasteiger charge is -2.27. The maximum atomic E-state index is 13.4. The number of methoxy groups -OCH3 is 2. The lowest BCUT2D eigenvalue weighted by Crippen LogP contribution is -2.43. The summed E-state index contributed by atoms with van der Waals surface area (Å²) < 4.78 is 80.2. The molecule has 1 aliphatic heterocycles. The molecule has 0 spiro atoms. The Morgan fingerprint density at radius 1 is 0.936 bits per heavy atom. The number of urea groups is 1. The predicted molar refractivity (Wildman–Crippen MR) is 156 cm³/mol. The fraction of sp³-hybridized carbons (Fsp3) is 0.276. The number of imide groups is 1. The minimum Gasteiger partial charge on any atom is -0.497 e. The van der Waals surface area contributed by atoms with Gasteiger partial charge in [0.1, 0.15) is 22.9 Å². The Morgan fingerprint density at radius 2 is 1.49 bits per heavy atom. The van der Waals surface area contributed by atoms with Crippen LogP contribution >= 0.6 is 11.8 Å². The van der Waals surface area contributed by atoms with Crippen LogP contribution in [0.25, 0.3) is 0 Å². The summed E-state index contributed by atoms with van der Waals surface area (Å²) in [6, 6.07) is 12.3. The number of pyridine rings is 1. The first kappa shape index (κ1) is 36.5. The van der Waals surface area contributed by atoms with Gasteiger partial charge in [0.25, 0.3) is 11.8 Å². The number of rotatable bonds is 8. The van der Waals surface area contributed by atoms with Gasteiger partial charge in [-0.2, -0.15) is 26.3 Å². The normalized spacial score (nSPS) is 14.3. The van der Waals surface area contributed by atoms with Crippen molar-refractivity contribution in [2.24, 2.45) is 0 Å². The van der Waals surface area contributed by atoms with Crippen LogP contribution in [0.3, 0.4) is 0 Å². The van der Waals surface area contributed by atoms with E-state index in [4.69, 9.17) is 19.4 Å². The van der Waals surface area contributed by atoms with E-state index in [2.05, 4.69) is 10.3 Å². The molecule has 2 N–H and O–H groups in total. The van der Waals surface area contributed by atoms with Crippen LogP contribution in [0.2, 0.25) is 0 Å². The highest BCUT2D eigenvalue weighted by Crippen LogP contribution is 2.39. The molecule has 47 heavy (non-hydrogen) atoms. The Labute approximate surface area is 267 Å². The van der Waals surface area contributed by atoms with Crippen molar-refractivity contribution < 1.29 is 60.1 Å². The molecule has 2 aromatic carbocycles. The summed E-state index contributed by atoms with van der Waals surface area (Å²) in [5.74, 6) is -2.66. The van der Waals surface area contributed by atoms with Crippen LogP contribution in [0.15, 0.2) is 65.7 Å². The highest BCUT2D eigenvalue weighted by molar-refractivity contribution is 8.00. The van der Waals surface area contributed by atoms with E-state index in [1.165, 1.54) is 49.6 Å². The summed E-state index contributed by atoms with van der Waals surface area (Å²) in [4.78, 5) is 54.7. The van der Waals surface area contributed by atoms with Crippen molar-refractivity contribution in [2.45, 2.75) is 42.5 Å². The number of aromatic nitrogens is 1. The monoisotopic (exact) mass is 688 g/mol. The molecule has 1 aromatic heterocycles. The third-order valence-corrected chi connectivity index (χ3v) is 7.15. The highest BCUT2D eigenvalue weighted by atomic mass is 32.2. The van der Waals surface area contributed by atoms with Crippen molar-refractivity contribution in [1.82, 2.24) is 9.88 Å². The number of carboxylic acids is 1. The third kappa shape index (κ3) is 9.27. The van der Waals surface area contributed by atoms with E-state index < -0.39 is 41.0 Å². The second-order valence-corrected chi connectivity index (χ2v) is 11.2. The third-order valence-electron chi connectivity index (χ3n) is 6.41. The topological polar surface area (TPSA) is 138 Å². The van der Waals surface area contributed by atoms with Crippen molar-refractivity contribution >= 4 is 47.1 Å². The van der Waals surface area contributed by atoms with Gasteiger partial charge in [0.05, 0.1) is 19.9 Å². The van der Waals surface area contributed by atoms with Crippen LogP contribution in [0.1, 0.15) is 29.8 Å². The van der Waals surface area contributed by atoms with Crippen molar-refractivity contribution in [3.8, 4) is 11.5 Å². The number of benzene rings is 2. The summed E-state index contributed by atoms with van der Waals surface area (Å²) >= 11 is -0.284. The molecule has 18 heteroatoms. The fourth-order valence-electron chi connectivity index (χ4n) is 4.08. The number of hydrogen-bond donors (Lipinski definition) is 2. The molecule has 0 bridgehead atoms. The maximum absolute atomic E-state index is 13.4. The van der Waals surface area contributed by atoms with Gasteiger partial charge in [-0.05, 0) is 79.7 Å². The number of ether oxygens (including phenoxy) is 2. The van der Waals surface area contributed by atoms with Gasteiger partial charge in [0.15, 0.2) is 0 Å². The Morgan fingerprint density at radius 3 is 1.98 bits per heavy atom.